The molecule has 26 heavy (non-hydrogen) atoms. The molecule has 2 aliphatic rings. The van der Waals surface area contributed by atoms with Crippen LogP contribution < -0.4 is 10.2 Å². The molecule has 1 saturated carbocycles. The summed E-state index contributed by atoms with van der Waals surface area (Å²) in [4.78, 5) is 25.8. The van der Waals surface area contributed by atoms with Gasteiger partial charge < -0.3 is 10.2 Å². The number of carbonyl (C=O) groups excluding carboxylic acids is 1. The Labute approximate surface area is 149 Å². The minimum atomic E-state index is -3.04. The Morgan fingerprint density at radius 1 is 1.42 bits per heavy atom. The zero-order chi connectivity index (χ0) is 18.7. The molecular weight excluding hydrogens is 340 g/mol. The van der Waals surface area contributed by atoms with E-state index in [9.17, 15) is 13.6 Å². The number of aromatic nitrogens is 3. The minimum Gasteiger partial charge on any atom is -0.311 e. The third-order valence-electron chi connectivity index (χ3n) is 5.24. The van der Waals surface area contributed by atoms with Crippen LogP contribution in [0.15, 0.2) is 24.5 Å². The van der Waals surface area contributed by atoms with E-state index in [4.69, 9.17) is 0 Å². The monoisotopic (exact) mass is 359 g/mol. The van der Waals surface area contributed by atoms with E-state index in [0.717, 1.165) is 24.6 Å². The van der Waals surface area contributed by atoms with E-state index < -0.39 is 5.92 Å². The maximum absolute atomic E-state index is 13.7. The first-order chi connectivity index (χ1) is 12.2. The summed E-state index contributed by atoms with van der Waals surface area (Å²) in [6.45, 7) is 5.01. The number of halogens is 2. The predicted molar refractivity (Wildman–Crippen MR) is 92.6 cm³/mol. The molecule has 4 rings (SSSR count). The quantitative estimate of drug-likeness (QED) is 0.910. The van der Waals surface area contributed by atoms with E-state index in [1.807, 2.05) is 4.90 Å². The number of carbonyl (C=O) groups is 1. The molecule has 0 aromatic carbocycles. The molecule has 136 valence electrons. The second-order valence-corrected chi connectivity index (χ2v) is 7.25. The van der Waals surface area contributed by atoms with Crippen LogP contribution in [-0.2, 0) is 16.1 Å². The molecular formula is C18H19F2N5O. The van der Waals surface area contributed by atoms with Crippen molar-refractivity contribution in [2.45, 2.75) is 38.5 Å². The van der Waals surface area contributed by atoms with Crippen LogP contribution in [0.4, 0.5) is 26.2 Å². The van der Waals surface area contributed by atoms with Gasteiger partial charge in [-0.25, -0.2) is 15.0 Å². The smallest absolute Gasteiger partial charge is 0.287 e. The van der Waals surface area contributed by atoms with Gasteiger partial charge in [0.15, 0.2) is 0 Å². The number of hydrogen-bond acceptors (Lipinski definition) is 5. The van der Waals surface area contributed by atoms with E-state index >= 15 is 0 Å². The standard InChI is InChI=1S/C18H19F2N5O/c1-10-7-18(10)9-25(16-21-5-4-14(24-16)17(3,19)20)13-6-15(23-11(2)26)22-8-12(13)18/h4-6,8,10H,7,9H2,1-3H3,(H,22,23,26). The van der Waals surface area contributed by atoms with Gasteiger partial charge in [-0.2, -0.15) is 8.78 Å². The zero-order valence-electron chi connectivity index (χ0n) is 14.8. The first-order valence-electron chi connectivity index (χ1n) is 8.48. The van der Waals surface area contributed by atoms with E-state index in [0.29, 0.717) is 18.3 Å². The number of amides is 1. The number of hydrogen-bond donors (Lipinski definition) is 1. The molecule has 6 nitrogen and oxygen atoms in total. The number of nitrogens with zero attached hydrogens (tertiary/aromatic N) is 4. The van der Waals surface area contributed by atoms with E-state index in [-0.39, 0.29) is 23.0 Å². The molecule has 3 heterocycles. The van der Waals surface area contributed by atoms with Gasteiger partial charge in [-0.15, -0.1) is 0 Å². The van der Waals surface area contributed by atoms with E-state index in [2.05, 4.69) is 27.2 Å². The topological polar surface area (TPSA) is 71.0 Å². The van der Waals surface area contributed by atoms with Gasteiger partial charge in [0.2, 0.25) is 11.9 Å². The van der Waals surface area contributed by atoms with Gasteiger partial charge in [-0.3, -0.25) is 4.79 Å². The Morgan fingerprint density at radius 2 is 2.15 bits per heavy atom. The average Bonchev–Trinajstić information content (AvgIpc) is 3.09. The van der Waals surface area contributed by atoms with Gasteiger partial charge in [-0.1, -0.05) is 6.92 Å². The van der Waals surface area contributed by atoms with Gasteiger partial charge >= 0.3 is 0 Å². The number of anilines is 3. The summed E-state index contributed by atoms with van der Waals surface area (Å²) >= 11 is 0. The second kappa shape index (κ2) is 5.43. The van der Waals surface area contributed by atoms with Crippen molar-refractivity contribution >= 4 is 23.4 Å². The van der Waals surface area contributed by atoms with Crippen LogP contribution in [0.25, 0.3) is 0 Å². The number of nitrogens with one attached hydrogen (secondary N) is 1. The van der Waals surface area contributed by atoms with Crippen LogP contribution in [0, 0.1) is 5.92 Å². The van der Waals surface area contributed by atoms with Gasteiger partial charge in [0.25, 0.3) is 5.92 Å². The first kappa shape index (κ1) is 16.8. The summed E-state index contributed by atoms with van der Waals surface area (Å²) in [6, 6.07) is 2.99. The molecule has 1 aliphatic carbocycles. The molecule has 1 spiro atoms. The number of rotatable bonds is 3. The Balaban J connectivity index is 1.79. The van der Waals surface area contributed by atoms with Crippen molar-refractivity contribution in [1.29, 1.82) is 0 Å². The third kappa shape index (κ3) is 2.60. The normalized spacial score (nSPS) is 23.9. The molecule has 2 unspecified atom stereocenters. The van der Waals surface area contributed by atoms with Crippen LogP contribution >= 0.6 is 0 Å². The molecule has 2 atom stereocenters. The van der Waals surface area contributed by atoms with Gasteiger partial charge in [0.1, 0.15) is 11.5 Å². The van der Waals surface area contributed by atoms with E-state index in [1.165, 1.54) is 19.2 Å². The van der Waals surface area contributed by atoms with Crippen molar-refractivity contribution in [2.24, 2.45) is 5.92 Å². The Morgan fingerprint density at radius 3 is 2.77 bits per heavy atom. The summed E-state index contributed by atoms with van der Waals surface area (Å²) < 4.78 is 27.4. The number of pyridine rings is 1. The summed E-state index contributed by atoms with van der Waals surface area (Å²) in [5.74, 6) is -2.13. The van der Waals surface area contributed by atoms with Crippen molar-refractivity contribution in [3.63, 3.8) is 0 Å². The predicted octanol–water partition coefficient (Wildman–Crippen LogP) is 3.37. The molecule has 1 amide bonds. The van der Waals surface area contributed by atoms with Gasteiger partial charge in [0, 0.05) is 49.8 Å². The van der Waals surface area contributed by atoms with E-state index in [1.54, 1.807) is 12.3 Å². The lowest BCUT2D eigenvalue weighted by Crippen LogP contribution is -2.23. The maximum atomic E-state index is 13.7. The molecule has 1 aliphatic heterocycles. The van der Waals surface area contributed by atoms with Crippen molar-refractivity contribution in [1.82, 2.24) is 15.0 Å². The lowest BCUT2D eigenvalue weighted by atomic mass is 9.98. The fraction of sp³-hybridized carbons (Fsp3) is 0.444. The highest BCUT2D eigenvalue weighted by Crippen LogP contribution is 2.61. The number of fused-ring (bicyclic) bond motifs is 2. The van der Waals surface area contributed by atoms with Crippen molar-refractivity contribution < 1.29 is 13.6 Å². The first-order valence-corrected chi connectivity index (χ1v) is 8.48. The van der Waals surface area contributed by atoms with Crippen molar-refractivity contribution in [3.05, 3.63) is 35.8 Å². The molecule has 8 heteroatoms. The highest BCUT2D eigenvalue weighted by Gasteiger charge is 2.59. The lowest BCUT2D eigenvalue weighted by Gasteiger charge is -2.19. The average molecular weight is 359 g/mol. The highest BCUT2D eigenvalue weighted by atomic mass is 19.3. The fourth-order valence-electron chi connectivity index (χ4n) is 3.74. The Bertz CT molecular complexity index is 897. The Kier molecular flexibility index (Phi) is 3.51. The molecule has 1 fully saturated rings. The van der Waals surface area contributed by atoms with Gasteiger partial charge in [-0.05, 0) is 18.4 Å². The molecule has 0 radical (unpaired) electrons. The summed E-state index contributed by atoms with van der Waals surface area (Å²) in [5, 5.41) is 2.66. The second-order valence-electron chi connectivity index (χ2n) is 7.25. The lowest BCUT2D eigenvalue weighted by molar-refractivity contribution is -0.114. The fourth-order valence-corrected chi connectivity index (χ4v) is 3.74. The van der Waals surface area contributed by atoms with Crippen molar-refractivity contribution in [3.8, 4) is 0 Å². The molecule has 0 bridgehead atoms. The molecule has 2 aromatic heterocycles. The summed E-state index contributed by atoms with van der Waals surface area (Å²) in [5.41, 5.74) is 1.50. The molecule has 0 saturated heterocycles. The van der Waals surface area contributed by atoms with Crippen LogP contribution in [0.1, 0.15) is 38.4 Å². The summed E-state index contributed by atoms with van der Waals surface area (Å²) in [6.07, 6.45) is 4.12. The van der Waals surface area contributed by atoms with Crippen LogP contribution in [0.5, 0.6) is 0 Å². The maximum Gasteiger partial charge on any atom is 0.287 e. The van der Waals surface area contributed by atoms with Gasteiger partial charge in [0.05, 0.1) is 5.69 Å². The molecule has 2 aromatic rings. The van der Waals surface area contributed by atoms with Crippen LogP contribution in [-0.4, -0.2) is 27.4 Å². The van der Waals surface area contributed by atoms with Crippen molar-refractivity contribution in [2.75, 3.05) is 16.8 Å². The molecule has 1 N–H and O–H groups in total. The zero-order valence-corrected chi connectivity index (χ0v) is 14.8. The summed E-state index contributed by atoms with van der Waals surface area (Å²) in [7, 11) is 0. The highest BCUT2D eigenvalue weighted by molar-refractivity contribution is 5.88. The van der Waals surface area contributed by atoms with Crippen LogP contribution in [0.2, 0.25) is 0 Å². The largest absolute Gasteiger partial charge is 0.311 e. The van der Waals surface area contributed by atoms with Crippen LogP contribution in [0.3, 0.4) is 0 Å². The number of alkyl halides is 2. The Hall–Kier alpha value is -2.64. The SMILES string of the molecule is CC(=O)Nc1cc2c(cn1)C1(CC1C)CN2c1nccc(C(C)(F)F)n1. The minimum absolute atomic E-state index is 0.0504. The third-order valence-corrected chi connectivity index (χ3v) is 5.24.